The predicted octanol–water partition coefficient (Wildman–Crippen LogP) is 1.63. The van der Waals surface area contributed by atoms with Crippen LogP contribution in [0.5, 0.6) is 5.75 Å². The van der Waals surface area contributed by atoms with Crippen molar-refractivity contribution in [3.63, 3.8) is 0 Å². The fourth-order valence-electron chi connectivity index (χ4n) is 2.49. The highest BCUT2D eigenvalue weighted by atomic mass is 19.1. The number of halogens is 1. The number of hydrogen-bond donors (Lipinski definition) is 3. The largest absolute Gasteiger partial charge is 0.392 e. The molecule has 1 aliphatic heterocycles. The monoisotopic (exact) mass is 316 g/mol. The van der Waals surface area contributed by atoms with Gasteiger partial charge in [0, 0.05) is 12.1 Å². The molecule has 120 valence electrons. The van der Waals surface area contributed by atoms with Gasteiger partial charge in [-0.05, 0) is 30.2 Å². The van der Waals surface area contributed by atoms with Crippen molar-refractivity contribution in [3.8, 4) is 16.9 Å². The summed E-state index contributed by atoms with van der Waals surface area (Å²) in [7, 11) is 0. The molecule has 0 spiro atoms. The Morgan fingerprint density at radius 3 is 2.61 bits per heavy atom. The number of nitrogens with one attached hydrogen (secondary N) is 2. The molecule has 0 bridgehead atoms. The first-order valence-corrected chi connectivity index (χ1v) is 7.36. The van der Waals surface area contributed by atoms with Crippen LogP contribution in [0, 0.1) is 5.82 Å². The summed E-state index contributed by atoms with van der Waals surface area (Å²) in [6, 6.07) is 12.8. The maximum atomic E-state index is 13.7. The highest BCUT2D eigenvalue weighted by Gasteiger charge is 2.28. The molecule has 2 atom stereocenters. The predicted molar refractivity (Wildman–Crippen MR) is 83.0 cm³/mol. The van der Waals surface area contributed by atoms with Gasteiger partial charge in [0.2, 0.25) is 0 Å². The number of aliphatic hydroxyl groups is 1. The average Bonchev–Trinajstić information content (AvgIpc) is 3.00. The Morgan fingerprint density at radius 1 is 1.22 bits per heavy atom. The van der Waals surface area contributed by atoms with Crippen LogP contribution in [0.15, 0.2) is 48.5 Å². The van der Waals surface area contributed by atoms with E-state index in [2.05, 4.69) is 10.8 Å². The molecular weight excluding hydrogens is 299 g/mol. The number of hydroxylamine groups is 1. The molecule has 0 saturated carbocycles. The van der Waals surface area contributed by atoms with Gasteiger partial charge in [-0.25, -0.2) is 4.39 Å². The zero-order chi connectivity index (χ0) is 16.2. The second-order valence-corrected chi connectivity index (χ2v) is 5.42. The molecule has 0 aromatic heterocycles. The van der Waals surface area contributed by atoms with E-state index in [-0.39, 0.29) is 11.7 Å². The summed E-state index contributed by atoms with van der Waals surface area (Å²) in [4.78, 5) is 17.1. The standard InChI is InChI=1S/C17H17FN2O3/c18-15-4-2-1-3-14(15)11-5-7-13(8-6-11)23-20-17(22)16-9-12(21)10-19-16/h1-8,12,16,19,21H,9-10H2,(H,20,22). The molecule has 3 rings (SSSR count). The van der Waals surface area contributed by atoms with E-state index in [1.54, 1.807) is 42.5 Å². The molecule has 1 heterocycles. The third-order valence-electron chi connectivity index (χ3n) is 3.73. The summed E-state index contributed by atoms with van der Waals surface area (Å²) < 4.78 is 13.7. The van der Waals surface area contributed by atoms with Gasteiger partial charge in [-0.15, -0.1) is 0 Å². The maximum absolute atomic E-state index is 13.7. The SMILES string of the molecule is O=C(NOc1ccc(-c2ccccc2F)cc1)C1CC(O)CN1. The normalized spacial score (nSPS) is 20.3. The van der Waals surface area contributed by atoms with Crippen LogP contribution in [0.1, 0.15) is 6.42 Å². The Balaban J connectivity index is 1.60. The Labute approximate surface area is 133 Å². The van der Waals surface area contributed by atoms with Crippen LogP contribution in [0.25, 0.3) is 11.1 Å². The van der Waals surface area contributed by atoms with Crippen LogP contribution in [0.2, 0.25) is 0 Å². The first-order chi connectivity index (χ1) is 11.1. The van der Waals surface area contributed by atoms with Gasteiger partial charge in [-0.3, -0.25) is 4.79 Å². The molecule has 3 N–H and O–H groups in total. The van der Waals surface area contributed by atoms with Crippen LogP contribution < -0.4 is 15.6 Å². The molecule has 23 heavy (non-hydrogen) atoms. The molecule has 1 fully saturated rings. The minimum Gasteiger partial charge on any atom is -0.392 e. The van der Waals surface area contributed by atoms with Crippen molar-refractivity contribution in [2.45, 2.75) is 18.6 Å². The molecule has 6 heteroatoms. The lowest BCUT2D eigenvalue weighted by molar-refractivity contribution is -0.129. The Hall–Kier alpha value is -2.44. The van der Waals surface area contributed by atoms with Crippen molar-refractivity contribution in [3.05, 3.63) is 54.3 Å². The molecule has 1 amide bonds. The summed E-state index contributed by atoms with van der Waals surface area (Å²) >= 11 is 0. The minimum atomic E-state index is -0.509. The van der Waals surface area contributed by atoms with E-state index in [4.69, 9.17) is 4.84 Å². The van der Waals surface area contributed by atoms with Gasteiger partial charge in [-0.1, -0.05) is 30.3 Å². The van der Waals surface area contributed by atoms with Crippen molar-refractivity contribution in [1.82, 2.24) is 10.8 Å². The molecule has 0 aliphatic carbocycles. The molecule has 0 radical (unpaired) electrons. The number of rotatable bonds is 4. The van der Waals surface area contributed by atoms with E-state index in [1.165, 1.54) is 6.07 Å². The number of aliphatic hydroxyl groups excluding tert-OH is 1. The highest BCUT2D eigenvalue weighted by molar-refractivity contribution is 5.81. The second kappa shape index (κ2) is 6.76. The highest BCUT2D eigenvalue weighted by Crippen LogP contribution is 2.24. The first kappa shape index (κ1) is 15.5. The Kier molecular flexibility index (Phi) is 4.55. The Bertz CT molecular complexity index is 690. The molecule has 2 aromatic carbocycles. The van der Waals surface area contributed by atoms with Gasteiger partial charge in [0.15, 0.2) is 5.75 Å². The lowest BCUT2D eigenvalue weighted by Crippen LogP contribution is -2.41. The summed E-state index contributed by atoms with van der Waals surface area (Å²) in [6.45, 7) is 0.398. The van der Waals surface area contributed by atoms with Crippen LogP contribution in [-0.2, 0) is 4.79 Å². The van der Waals surface area contributed by atoms with Gasteiger partial charge in [0.1, 0.15) is 5.82 Å². The number of benzene rings is 2. The van der Waals surface area contributed by atoms with Crippen molar-refractivity contribution in [2.24, 2.45) is 0 Å². The second-order valence-electron chi connectivity index (χ2n) is 5.42. The number of amides is 1. The molecule has 5 nitrogen and oxygen atoms in total. The third kappa shape index (κ3) is 3.67. The summed E-state index contributed by atoms with van der Waals surface area (Å²) in [5.74, 6) is -0.183. The smallest absolute Gasteiger partial charge is 0.269 e. The fraction of sp³-hybridized carbons (Fsp3) is 0.235. The molecule has 1 saturated heterocycles. The number of β-amino-alcohol motifs (C(OH)–C–C–N with tert-alkyl or cyclic N) is 1. The van der Waals surface area contributed by atoms with Crippen molar-refractivity contribution in [2.75, 3.05) is 6.54 Å². The Morgan fingerprint density at radius 2 is 1.96 bits per heavy atom. The number of carbonyl (C=O) groups excluding carboxylic acids is 1. The van der Waals surface area contributed by atoms with E-state index < -0.39 is 12.1 Å². The summed E-state index contributed by atoms with van der Waals surface area (Å²) in [5, 5.41) is 12.3. The van der Waals surface area contributed by atoms with E-state index in [9.17, 15) is 14.3 Å². The zero-order valence-electron chi connectivity index (χ0n) is 12.3. The third-order valence-corrected chi connectivity index (χ3v) is 3.73. The lowest BCUT2D eigenvalue weighted by Gasteiger charge is -2.12. The van der Waals surface area contributed by atoms with Crippen LogP contribution in [-0.4, -0.2) is 29.7 Å². The lowest BCUT2D eigenvalue weighted by atomic mass is 10.1. The van der Waals surface area contributed by atoms with Crippen molar-refractivity contribution < 1.29 is 19.1 Å². The van der Waals surface area contributed by atoms with E-state index >= 15 is 0 Å². The van der Waals surface area contributed by atoms with E-state index in [0.29, 0.717) is 24.3 Å². The van der Waals surface area contributed by atoms with Gasteiger partial charge in [0.05, 0.1) is 12.1 Å². The summed E-state index contributed by atoms with van der Waals surface area (Å²) in [5.41, 5.74) is 3.58. The quantitative estimate of drug-likeness (QED) is 0.750. The molecule has 2 unspecified atom stereocenters. The molecule has 2 aromatic rings. The van der Waals surface area contributed by atoms with Crippen molar-refractivity contribution in [1.29, 1.82) is 0 Å². The van der Waals surface area contributed by atoms with Crippen molar-refractivity contribution >= 4 is 5.91 Å². The van der Waals surface area contributed by atoms with Gasteiger partial charge in [-0.2, -0.15) is 5.48 Å². The zero-order valence-corrected chi connectivity index (χ0v) is 12.3. The topological polar surface area (TPSA) is 70.6 Å². The fourth-order valence-corrected chi connectivity index (χ4v) is 2.49. The molecule has 1 aliphatic rings. The first-order valence-electron chi connectivity index (χ1n) is 7.36. The summed E-state index contributed by atoms with van der Waals surface area (Å²) in [6.07, 6.45) is -0.146. The number of carbonyl (C=O) groups is 1. The van der Waals surface area contributed by atoms with Crippen LogP contribution >= 0.6 is 0 Å². The van der Waals surface area contributed by atoms with E-state index in [1.807, 2.05) is 0 Å². The molecular formula is C17H17FN2O3. The maximum Gasteiger partial charge on any atom is 0.269 e. The minimum absolute atomic E-state index is 0.291. The average molecular weight is 316 g/mol. The van der Waals surface area contributed by atoms with Gasteiger partial charge >= 0.3 is 0 Å². The van der Waals surface area contributed by atoms with Gasteiger partial charge in [0.25, 0.3) is 5.91 Å². The van der Waals surface area contributed by atoms with Crippen LogP contribution in [0.3, 0.4) is 0 Å². The van der Waals surface area contributed by atoms with Gasteiger partial charge < -0.3 is 15.3 Å². The van der Waals surface area contributed by atoms with Crippen LogP contribution in [0.4, 0.5) is 4.39 Å². The number of hydrogen-bond acceptors (Lipinski definition) is 4. The van der Waals surface area contributed by atoms with E-state index in [0.717, 1.165) is 5.56 Å².